The summed E-state index contributed by atoms with van der Waals surface area (Å²) in [5.41, 5.74) is 2.42. The first-order chi connectivity index (χ1) is 14.2. The van der Waals surface area contributed by atoms with Gasteiger partial charge in [-0.3, -0.25) is 4.79 Å². The summed E-state index contributed by atoms with van der Waals surface area (Å²) in [7, 11) is -1.62. The third-order valence-corrected chi connectivity index (χ3v) is 7.87. The number of para-hydroxylation sites is 1. The van der Waals surface area contributed by atoms with Gasteiger partial charge in [0.15, 0.2) is 0 Å². The zero-order valence-corrected chi connectivity index (χ0v) is 18.7. The highest BCUT2D eigenvalue weighted by atomic mass is 32.2. The van der Waals surface area contributed by atoms with Crippen molar-refractivity contribution < 1.29 is 22.7 Å². The van der Waals surface area contributed by atoms with E-state index in [0.717, 1.165) is 26.8 Å². The number of fused-ring (bicyclic) bond motifs is 1. The van der Waals surface area contributed by atoms with Crippen LogP contribution in [0.1, 0.15) is 20.8 Å². The van der Waals surface area contributed by atoms with Crippen molar-refractivity contribution in [3.8, 4) is 0 Å². The van der Waals surface area contributed by atoms with Gasteiger partial charge in [-0.25, -0.2) is 13.2 Å². The van der Waals surface area contributed by atoms with Crippen LogP contribution in [0, 0.1) is 13.8 Å². The van der Waals surface area contributed by atoms with Crippen LogP contribution in [0.25, 0.3) is 10.1 Å². The minimum atomic E-state index is -4.13. The van der Waals surface area contributed by atoms with E-state index in [-0.39, 0.29) is 9.77 Å². The maximum Gasteiger partial charge on any atom is 0.349 e. The lowest BCUT2D eigenvalue weighted by Gasteiger charge is -2.18. The Kier molecular flexibility index (Phi) is 6.25. The number of nitrogens with zero attached hydrogens (tertiary/aromatic N) is 1. The number of rotatable bonds is 6. The molecule has 0 unspecified atom stereocenters. The molecule has 1 amide bonds. The van der Waals surface area contributed by atoms with Crippen molar-refractivity contribution >= 4 is 49.0 Å². The third-order valence-electron chi connectivity index (χ3n) is 4.70. The van der Waals surface area contributed by atoms with Crippen LogP contribution in [0.4, 0.5) is 5.69 Å². The van der Waals surface area contributed by atoms with E-state index in [4.69, 9.17) is 4.74 Å². The van der Waals surface area contributed by atoms with Gasteiger partial charge in [-0.2, -0.15) is 4.31 Å². The van der Waals surface area contributed by atoms with Gasteiger partial charge in [-0.1, -0.05) is 36.4 Å². The summed E-state index contributed by atoms with van der Waals surface area (Å²) < 4.78 is 33.0. The minimum Gasteiger partial charge on any atom is -0.465 e. The summed E-state index contributed by atoms with van der Waals surface area (Å²) in [6, 6.07) is 12.4. The molecule has 0 aliphatic rings. The van der Waals surface area contributed by atoms with Crippen LogP contribution in [-0.4, -0.2) is 45.3 Å². The number of benzene rings is 2. The number of hydrogen-bond donors (Lipinski definition) is 1. The second kappa shape index (κ2) is 8.55. The van der Waals surface area contributed by atoms with Crippen molar-refractivity contribution in [2.24, 2.45) is 0 Å². The van der Waals surface area contributed by atoms with Crippen molar-refractivity contribution in [1.82, 2.24) is 4.31 Å². The van der Waals surface area contributed by atoms with E-state index >= 15 is 0 Å². The molecule has 0 spiro atoms. The maximum absolute atomic E-state index is 13.3. The molecule has 0 radical (unpaired) electrons. The first kappa shape index (κ1) is 21.9. The predicted molar refractivity (Wildman–Crippen MR) is 118 cm³/mol. The van der Waals surface area contributed by atoms with Gasteiger partial charge in [0.05, 0.1) is 13.7 Å². The smallest absolute Gasteiger partial charge is 0.349 e. The lowest BCUT2D eigenvalue weighted by molar-refractivity contribution is -0.116. The standard InChI is InChI=1S/C21H22N2O5S2/c1-13-8-7-9-14(2)18(13)22-17(24)12-23(3)30(26,27)20-15-10-5-6-11-16(15)29-19(20)21(25)28-4/h5-11H,12H2,1-4H3,(H,22,24). The molecule has 158 valence electrons. The Balaban J connectivity index is 1.94. The predicted octanol–water partition coefficient (Wildman–Crippen LogP) is 3.56. The molecule has 1 N–H and O–H groups in total. The van der Waals surface area contributed by atoms with E-state index in [1.807, 2.05) is 32.0 Å². The quantitative estimate of drug-likeness (QED) is 0.585. The molecule has 2 aromatic carbocycles. The van der Waals surface area contributed by atoms with Crippen LogP contribution in [-0.2, 0) is 19.6 Å². The summed E-state index contributed by atoms with van der Waals surface area (Å²) >= 11 is 1.05. The molecule has 0 atom stereocenters. The van der Waals surface area contributed by atoms with E-state index in [0.29, 0.717) is 15.8 Å². The van der Waals surface area contributed by atoms with Gasteiger partial charge in [0.1, 0.15) is 9.77 Å². The Morgan fingerprint density at radius 1 is 1.07 bits per heavy atom. The number of ether oxygens (including phenoxy) is 1. The van der Waals surface area contributed by atoms with Crippen molar-refractivity contribution in [1.29, 1.82) is 0 Å². The highest BCUT2D eigenvalue weighted by molar-refractivity contribution is 7.89. The fourth-order valence-electron chi connectivity index (χ4n) is 3.14. The van der Waals surface area contributed by atoms with Gasteiger partial charge in [-0.05, 0) is 31.0 Å². The summed E-state index contributed by atoms with van der Waals surface area (Å²) in [6.45, 7) is 3.33. The zero-order chi connectivity index (χ0) is 22.1. The molecule has 1 aromatic heterocycles. The number of esters is 1. The number of thiophene rings is 1. The minimum absolute atomic E-state index is 0.0132. The molecule has 3 rings (SSSR count). The van der Waals surface area contributed by atoms with Crippen molar-refractivity contribution in [2.45, 2.75) is 18.7 Å². The number of hydrogen-bond acceptors (Lipinski definition) is 6. The van der Waals surface area contributed by atoms with Gasteiger partial charge >= 0.3 is 5.97 Å². The Labute approximate surface area is 179 Å². The molecule has 0 aliphatic heterocycles. The Morgan fingerprint density at radius 2 is 1.70 bits per heavy atom. The maximum atomic E-state index is 13.3. The van der Waals surface area contributed by atoms with E-state index in [2.05, 4.69) is 5.32 Å². The van der Waals surface area contributed by atoms with Crippen LogP contribution < -0.4 is 5.32 Å². The number of methoxy groups -OCH3 is 1. The van der Waals surface area contributed by atoms with Gasteiger partial charge in [0.2, 0.25) is 15.9 Å². The number of aryl methyl sites for hydroxylation is 2. The molecule has 0 aliphatic carbocycles. The molecule has 30 heavy (non-hydrogen) atoms. The molecule has 0 fully saturated rings. The lowest BCUT2D eigenvalue weighted by Crippen LogP contribution is -2.35. The molecule has 1 heterocycles. The van der Waals surface area contributed by atoms with Crippen LogP contribution in [0.15, 0.2) is 47.4 Å². The number of nitrogens with one attached hydrogen (secondary N) is 1. The Bertz CT molecular complexity index is 1210. The van der Waals surface area contributed by atoms with Gasteiger partial charge < -0.3 is 10.1 Å². The average molecular weight is 447 g/mol. The van der Waals surface area contributed by atoms with Crippen molar-refractivity contribution in [2.75, 3.05) is 26.0 Å². The van der Waals surface area contributed by atoms with E-state index in [1.54, 1.807) is 24.3 Å². The van der Waals surface area contributed by atoms with Gasteiger partial charge in [-0.15, -0.1) is 11.3 Å². The van der Waals surface area contributed by atoms with Crippen LogP contribution in [0.3, 0.4) is 0 Å². The zero-order valence-electron chi connectivity index (χ0n) is 17.1. The van der Waals surface area contributed by atoms with Gasteiger partial charge in [0, 0.05) is 22.8 Å². The molecular weight excluding hydrogens is 424 g/mol. The van der Waals surface area contributed by atoms with Crippen LogP contribution in [0.2, 0.25) is 0 Å². The fraction of sp³-hybridized carbons (Fsp3) is 0.238. The highest BCUT2D eigenvalue weighted by Gasteiger charge is 2.32. The lowest BCUT2D eigenvalue weighted by atomic mass is 10.1. The number of likely N-dealkylation sites (N-methyl/N-ethyl adjacent to an activating group) is 1. The molecule has 0 saturated heterocycles. The summed E-state index contributed by atoms with van der Waals surface area (Å²) in [5, 5.41) is 3.20. The summed E-state index contributed by atoms with van der Waals surface area (Å²) in [6.07, 6.45) is 0. The molecule has 0 saturated carbocycles. The second-order valence-corrected chi connectivity index (χ2v) is 9.86. The first-order valence-corrected chi connectivity index (χ1v) is 11.3. The second-order valence-electron chi connectivity index (χ2n) is 6.82. The third kappa shape index (κ3) is 4.09. The molecule has 7 nitrogen and oxygen atoms in total. The topological polar surface area (TPSA) is 92.8 Å². The van der Waals surface area contributed by atoms with E-state index in [9.17, 15) is 18.0 Å². The van der Waals surface area contributed by atoms with Crippen LogP contribution in [0.5, 0.6) is 0 Å². The SMILES string of the molecule is COC(=O)c1sc2ccccc2c1S(=O)(=O)N(C)CC(=O)Nc1c(C)cccc1C. The number of amides is 1. The monoisotopic (exact) mass is 446 g/mol. The number of sulfonamides is 1. The van der Waals surface area contributed by atoms with Crippen LogP contribution >= 0.6 is 11.3 Å². The molecular formula is C21H22N2O5S2. The average Bonchev–Trinajstić information content (AvgIpc) is 3.10. The summed E-state index contributed by atoms with van der Waals surface area (Å²) in [5.74, 6) is -1.21. The van der Waals surface area contributed by atoms with E-state index in [1.165, 1.54) is 14.2 Å². The summed E-state index contributed by atoms with van der Waals surface area (Å²) in [4.78, 5) is 24.7. The molecule has 3 aromatic rings. The Hall–Kier alpha value is -2.75. The van der Waals surface area contributed by atoms with Crippen molar-refractivity contribution in [3.63, 3.8) is 0 Å². The molecule has 9 heteroatoms. The number of anilines is 1. The van der Waals surface area contributed by atoms with Gasteiger partial charge in [0.25, 0.3) is 0 Å². The van der Waals surface area contributed by atoms with Crippen molar-refractivity contribution in [3.05, 3.63) is 58.5 Å². The highest BCUT2D eigenvalue weighted by Crippen LogP contribution is 2.36. The number of carbonyl (C=O) groups is 2. The van der Waals surface area contributed by atoms with E-state index < -0.39 is 28.4 Å². The first-order valence-electron chi connectivity index (χ1n) is 9.09. The largest absolute Gasteiger partial charge is 0.465 e. The Morgan fingerprint density at radius 3 is 2.33 bits per heavy atom. The normalized spacial score (nSPS) is 11.6. The number of carbonyl (C=O) groups excluding carboxylic acids is 2. The molecule has 0 bridgehead atoms. The fourth-order valence-corrected chi connectivity index (χ4v) is 6.03.